The van der Waals surface area contributed by atoms with E-state index in [1.807, 2.05) is 0 Å². The minimum atomic E-state index is -3.66. The maximum absolute atomic E-state index is 12.9. The van der Waals surface area contributed by atoms with Crippen LogP contribution in [0.3, 0.4) is 0 Å². The number of hydrogen-bond donors (Lipinski definition) is 2. The standard InChI is InChI=1S/C17H21FN4O4S/c1-12-17(13(2)26-20-12)27(24,25)22-9-7-21(8-10-22)11-16(23)19-15-5-3-14(18)4-6-15/h3-6H,7-11H2,1-2H3,(H,19,23)/p+1. The molecule has 2 aromatic rings. The zero-order valence-corrected chi connectivity index (χ0v) is 16.0. The predicted molar refractivity (Wildman–Crippen MR) is 95.3 cm³/mol. The molecular formula is C17H22FN4O4S+. The van der Waals surface area contributed by atoms with E-state index in [4.69, 9.17) is 4.52 Å². The summed E-state index contributed by atoms with van der Waals surface area (Å²) in [5, 5.41) is 6.43. The summed E-state index contributed by atoms with van der Waals surface area (Å²) < 4.78 is 44.9. The Morgan fingerprint density at radius 3 is 2.44 bits per heavy atom. The molecule has 1 aromatic carbocycles. The number of sulfonamides is 1. The van der Waals surface area contributed by atoms with Gasteiger partial charge < -0.3 is 14.7 Å². The van der Waals surface area contributed by atoms with Crippen molar-refractivity contribution in [1.82, 2.24) is 9.46 Å². The Balaban J connectivity index is 1.56. The topological polar surface area (TPSA) is 97.0 Å². The van der Waals surface area contributed by atoms with Crippen LogP contribution in [0.15, 0.2) is 33.7 Å². The molecule has 0 aliphatic carbocycles. The number of quaternary nitrogens is 1. The summed E-state index contributed by atoms with van der Waals surface area (Å²) in [6.07, 6.45) is 0. The van der Waals surface area contributed by atoms with Crippen molar-refractivity contribution in [3.05, 3.63) is 41.5 Å². The average molecular weight is 397 g/mol. The lowest BCUT2D eigenvalue weighted by atomic mass is 10.3. The molecule has 146 valence electrons. The molecule has 0 unspecified atom stereocenters. The van der Waals surface area contributed by atoms with Crippen LogP contribution in [0.1, 0.15) is 11.5 Å². The molecule has 1 aliphatic heterocycles. The summed E-state index contributed by atoms with van der Waals surface area (Å²) in [6, 6.07) is 5.55. The Bertz CT molecular complexity index is 899. The van der Waals surface area contributed by atoms with Crippen molar-refractivity contribution in [2.75, 3.05) is 38.0 Å². The van der Waals surface area contributed by atoms with E-state index in [0.29, 0.717) is 37.6 Å². The van der Waals surface area contributed by atoms with E-state index in [9.17, 15) is 17.6 Å². The number of anilines is 1. The predicted octanol–water partition coefficient (Wildman–Crippen LogP) is -0.0416. The first kappa shape index (κ1) is 19.5. The van der Waals surface area contributed by atoms with E-state index in [1.165, 1.54) is 28.6 Å². The van der Waals surface area contributed by atoms with Gasteiger partial charge in [0, 0.05) is 5.69 Å². The zero-order chi connectivity index (χ0) is 19.6. The summed E-state index contributed by atoms with van der Waals surface area (Å²) in [5.74, 6) is -0.283. The third-order valence-corrected chi connectivity index (χ3v) is 6.68. The fraction of sp³-hybridized carbons (Fsp3) is 0.412. The van der Waals surface area contributed by atoms with Gasteiger partial charge in [0.1, 0.15) is 16.4 Å². The summed E-state index contributed by atoms with van der Waals surface area (Å²) in [7, 11) is -3.66. The minimum absolute atomic E-state index is 0.125. The van der Waals surface area contributed by atoms with Crippen molar-refractivity contribution in [3.63, 3.8) is 0 Å². The second-order valence-electron chi connectivity index (χ2n) is 6.54. The molecule has 1 aromatic heterocycles. The van der Waals surface area contributed by atoms with Gasteiger partial charge in [0.25, 0.3) is 5.91 Å². The van der Waals surface area contributed by atoms with Crippen LogP contribution in [-0.2, 0) is 14.8 Å². The number of carbonyl (C=O) groups is 1. The lowest BCUT2D eigenvalue weighted by Crippen LogP contribution is -3.15. The lowest BCUT2D eigenvalue weighted by molar-refractivity contribution is -0.895. The number of nitrogens with one attached hydrogen (secondary N) is 2. The Hall–Kier alpha value is -2.30. The summed E-state index contributed by atoms with van der Waals surface area (Å²) in [4.78, 5) is 13.3. The molecule has 0 radical (unpaired) electrons. The fourth-order valence-corrected chi connectivity index (χ4v) is 4.89. The number of carbonyl (C=O) groups excluding carboxylic acids is 1. The van der Waals surface area contributed by atoms with Crippen LogP contribution in [0.5, 0.6) is 0 Å². The lowest BCUT2D eigenvalue weighted by Gasteiger charge is -2.31. The van der Waals surface area contributed by atoms with Crippen LogP contribution in [-0.4, -0.2) is 56.5 Å². The maximum atomic E-state index is 12.9. The van der Waals surface area contributed by atoms with E-state index in [2.05, 4.69) is 10.5 Å². The van der Waals surface area contributed by atoms with Crippen LogP contribution in [0.4, 0.5) is 10.1 Å². The van der Waals surface area contributed by atoms with E-state index in [-0.39, 0.29) is 28.9 Å². The highest BCUT2D eigenvalue weighted by molar-refractivity contribution is 7.89. The van der Waals surface area contributed by atoms with Crippen LogP contribution in [0.2, 0.25) is 0 Å². The van der Waals surface area contributed by atoms with Gasteiger partial charge in [-0.05, 0) is 38.1 Å². The molecule has 0 bridgehead atoms. The number of benzene rings is 1. The van der Waals surface area contributed by atoms with Crippen molar-refractivity contribution in [2.24, 2.45) is 0 Å². The second-order valence-corrected chi connectivity index (χ2v) is 8.41. The van der Waals surface area contributed by atoms with Gasteiger partial charge in [-0.1, -0.05) is 5.16 Å². The molecule has 27 heavy (non-hydrogen) atoms. The first-order chi connectivity index (χ1) is 12.8. The number of aromatic nitrogens is 1. The number of aryl methyl sites for hydroxylation is 2. The first-order valence-corrected chi connectivity index (χ1v) is 10.0. The van der Waals surface area contributed by atoms with E-state index >= 15 is 0 Å². The summed E-state index contributed by atoms with van der Waals surface area (Å²) in [6.45, 7) is 5.05. The van der Waals surface area contributed by atoms with Gasteiger partial charge in [0.15, 0.2) is 12.3 Å². The van der Waals surface area contributed by atoms with Gasteiger partial charge in [-0.15, -0.1) is 0 Å². The molecule has 0 atom stereocenters. The van der Waals surface area contributed by atoms with Gasteiger partial charge in [0.05, 0.1) is 26.2 Å². The quantitative estimate of drug-likeness (QED) is 0.738. The van der Waals surface area contributed by atoms with Crippen molar-refractivity contribution in [3.8, 4) is 0 Å². The highest BCUT2D eigenvalue weighted by Crippen LogP contribution is 2.23. The Kier molecular flexibility index (Phi) is 5.59. The Morgan fingerprint density at radius 1 is 1.26 bits per heavy atom. The smallest absolute Gasteiger partial charge is 0.279 e. The largest absolute Gasteiger partial charge is 0.360 e. The highest BCUT2D eigenvalue weighted by atomic mass is 32.2. The van der Waals surface area contributed by atoms with Gasteiger partial charge in [0.2, 0.25) is 10.0 Å². The summed E-state index contributed by atoms with van der Waals surface area (Å²) >= 11 is 0. The van der Waals surface area contributed by atoms with Gasteiger partial charge in [-0.3, -0.25) is 4.79 Å². The van der Waals surface area contributed by atoms with Crippen molar-refractivity contribution in [2.45, 2.75) is 18.7 Å². The van der Waals surface area contributed by atoms with Gasteiger partial charge in [-0.25, -0.2) is 12.8 Å². The van der Waals surface area contributed by atoms with Crippen LogP contribution < -0.4 is 10.2 Å². The number of piperazine rings is 1. The third kappa shape index (κ3) is 4.34. The summed E-state index contributed by atoms with van der Waals surface area (Å²) in [5.41, 5.74) is 0.876. The highest BCUT2D eigenvalue weighted by Gasteiger charge is 2.35. The maximum Gasteiger partial charge on any atom is 0.279 e. The second kappa shape index (κ2) is 7.75. The fourth-order valence-electron chi connectivity index (χ4n) is 3.16. The van der Waals surface area contributed by atoms with Crippen LogP contribution in [0.25, 0.3) is 0 Å². The van der Waals surface area contributed by atoms with Crippen molar-refractivity contribution >= 4 is 21.6 Å². The molecular weight excluding hydrogens is 375 g/mol. The number of amides is 1. The first-order valence-electron chi connectivity index (χ1n) is 8.59. The van der Waals surface area contributed by atoms with Crippen molar-refractivity contribution in [1.29, 1.82) is 0 Å². The molecule has 2 N–H and O–H groups in total. The number of nitrogens with zero attached hydrogens (tertiary/aromatic N) is 2. The van der Waals surface area contributed by atoms with Crippen molar-refractivity contribution < 1.29 is 27.0 Å². The van der Waals surface area contributed by atoms with Gasteiger partial charge in [-0.2, -0.15) is 4.31 Å². The molecule has 8 nitrogen and oxygen atoms in total. The monoisotopic (exact) mass is 397 g/mol. The molecule has 1 aliphatic rings. The zero-order valence-electron chi connectivity index (χ0n) is 15.2. The van der Waals surface area contributed by atoms with E-state index in [0.717, 1.165) is 4.90 Å². The molecule has 10 heteroatoms. The Labute approximate surface area is 157 Å². The average Bonchev–Trinajstić information content (AvgIpc) is 2.96. The Morgan fingerprint density at radius 2 is 1.89 bits per heavy atom. The SMILES string of the molecule is Cc1noc(C)c1S(=O)(=O)N1CC[NH+](CC(=O)Nc2ccc(F)cc2)CC1. The van der Waals surface area contributed by atoms with Gasteiger partial charge >= 0.3 is 0 Å². The third-order valence-electron chi connectivity index (χ3n) is 4.53. The van der Waals surface area contributed by atoms with Crippen LogP contribution in [0, 0.1) is 19.7 Å². The molecule has 0 saturated carbocycles. The number of hydrogen-bond acceptors (Lipinski definition) is 5. The molecule has 1 amide bonds. The van der Waals surface area contributed by atoms with Crippen LogP contribution >= 0.6 is 0 Å². The van der Waals surface area contributed by atoms with E-state index < -0.39 is 10.0 Å². The number of halogens is 1. The molecule has 1 fully saturated rings. The molecule has 0 spiro atoms. The van der Waals surface area contributed by atoms with E-state index in [1.54, 1.807) is 13.8 Å². The minimum Gasteiger partial charge on any atom is -0.360 e. The number of rotatable bonds is 5. The molecule has 1 saturated heterocycles. The molecule has 3 rings (SSSR count). The molecule has 2 heterocycles. The normalized spacial score (nSPS) is 16.4.